The Morgan fingerprint density at radius 3 is 2.35 bits per heavy atom. The van der Waals surface area contributed by atoms with Crippen molar-refractivity contribution >= 4 is 5.97 Å². The highest BCUT2D eigenvalue weighted by molar-refractivity contribution is 5.78. The summed E-state index contributed by atoms with van der Waals surface area (Å²) in [6, 6.07) is 7.42. The second-order valence-corrected chi connectivity index (χ2v) is 4.65. The van der Waals surface area contributed by atoms with Gasteiger partial charge < -0.3 is 20.3 Å². The molecular formula is C15H23NO4. The molecule has 5 heteroatoms. The van der Waals surface area contributed by atoms with Crippen molar-refractivity contribution in [3.8, 4) is 11.5 Å². The Hall–Kier alpha value is -1.75. The van der Waals surface area contributed by atoms with E-state index in [1.54, 1.807) is 6.92 Å². The predicted molar refractivity (Wildman–Crippen MR) is 77.2 cm³/mol. The zero-order valence-corrected chi connectivity index (χ0v) is 12.1. The first-order valence-corrected chi connectivity index (χ1v) is 6.90. The van der Waals surface area contributed by atoms with Gasteiger partial charge in [0.05, 0.1) is 13.2 Å². The smallest absolute Gasteiger partial charge is 0.323 e. The van der Waals surface area contributed by atoms with Gasteiger partial charge in [0.25, 0.3) is 0 Å². The fourth-order valence-corrected chi connectivity index (χ4v) is 1.85. The maximum Gasteiger partial charge on any atom is 0.323 e. The van der Waals surface area contributed by atoms with E-state index in [0.717, 1.165) is 0 Å². The van der Waals surface area contributed by atoms with Crippen molar-refractivity contribution in [1.82, 2.24) is 0 Å². The first kappa shape index (κ1) is 16.3. The van der Waals surface area contributed by atoms with Crippen LogP contribution in [0, 0.1) is 0 Å². The number of carboxylic acids is 1. The van der Waals surface area contributed by atoms with Crippen molar-refractivity contribution in [3.05, 3.63) is 24.3 Å². The topological polar surface area (TPSA) is 81.8 Å². The third-order valence-electron chi connectivity index (χ3n) is 3.23. The molecule has 0 fully saturated rings. The molecule has 1 rings (SSSR count). The third-order valence-corrected chi connectivity index (χ3v) is 3.23. The number of carbonyl (C=O) groups is 1. The first-order valence-electron chi connectivity index (χ1n) is 6.90. The van der Waals surface area contributed by atoms with Crippen molar-refractivity contribution in [2.45, 2.75) is 38.6 Å². The molecule has 0 radical (unpaired) electrons. The van der Waals surface area contributed by atoms with E-state index in [4.69, 9.17) is 20.3 Å². The van der Waals surface area contributed by atoms with Crippen molar-refractivity contribution < 1.29 is 19.4 Å². The molecule has 5 nitrogen and oxygen atoms in total. The lowest BCUT2D eigenvalue weighted by Crippen LogP contribution is -2.47. The lowest BCUT2D eigenvalue weighted by molar-refractivity contribution is -0.143. The lowest BCUT2D eigenvalue weighted by Gasteiger charge is -2.22. The van der Waals surface area contributed by atoms with Gasteiger partial charge in [-0.25, -0.2) is 0 Å². The quantitative estimate of drug-likeness (QED) is 0.679. The fraction of sp³-hybridized carbons (Fsp3) is 0.533. The summed E-state index contributed by atoms with van der Waals surface area (Å²) in [6.45, 7) is 4.67. The monoisotopic (exact) mass is 281 g/mol. The number of benzene rings is 1. The Labute approximate surface area is 119 Å². The Morgan fingerprint density at radius 1 is 1.25 bits per heavy atom. The molecule has 0 heterocycles. The van der Waals surface area contributed by atoms with Gasteiger partial charge in [-0.05, 0) is 38.3 Å². The van der Waals surface area contributed by atoms with Crippen LogP contribution in [-0.4, -0.2) is 29.8 Å². The van der Waals surface area contributed by atoms with Crippen molar-refractivity contribution in [2.24, 2.45) is 5.73 Å². The standard InChI is InChI=1S/C15H23NO4/c1-3-15(16,14(17)18)10-7-11-20-13-9-6-5-8-12(13)19-4-2/h5-6,8-9H,3-4,7,10-11,16H2,1-2H3,(H,17,18). The molecule has 3 N–H and O–H groups in total. The van der Waals surface area contributed by atoms with E-state index in [1.165, 1.54) is 0 Å². The number of hydrogen-bond donors (Lipinski definition) is 2. The minimum absolute atomic E-state index is 0.385. The summed E-state index contributed by atoms with van der Waals surface area (Å²) in [7, 11) is 0. The minimum Gasteiger partial charge on any atom is -0.490 e. The summed E-state index contributed by atoms with van der Waals surface area (Å²) < 4.78 is 11.1. The number of para-hydroxylation sites is 2. The Bertz CT molecular complexity index is 436. The van der Waals surface area contributed by atoms with Crippen LogP contribution in [0.5, 0.6) is 11.5 Å². The Balaban J connectivity index is 2.47. The molecule has 1 aromatic rings. The summed E-state index contributed by atoms with van der Waals surface area (Å²) in [5.41, 5.74) is 4.65. The molecule has 0 aliphatic heterocycles. The van der Waals surface area contributed by atoms with Gasteiger partial charge in [-0.2, -0.15) is 0 Å². The zero-order valence-electron chi connectivity index (χ0n) is 12.1. The van der Waals surface area contributed by atoms with E-state index in [1.807, 2.05) is 31.2 Å². The molecular weight excluding hydrogens is 258 g/mol. The molecule has 0 spiro atoms. The molecule has 1 aromatic carbocycles. The normalized spacial score (nSPS) is 13.6. The lowest BCUT2D eigenvalue weighted by atomic mass is 9.92. The van der Waals surface area contributed by atoms with Crippen LogP contribution < -0.4 is 15.2 Å². The van der Waals surface area contributed by atoms with Gasteiger partial charge in [-0.3, -0.25) is 4.79 Å². The maximum absolute atomic E-state index is 11.1. The number of nitrogens with two attached hydrogens (primary N) is 1. The van der Waals surface area contributed by atoms with E-state index < -0.39 is 11.5 Å². The largest absolute Gasteiger partial charge is 0.490 e. The highest BCUT2D eigenvalue weighted by Gasteiger charge is 2.31. The van der Waals surface area contributed by atoms with E-state index >= 15 is 0 Å². The minimum atomic E-state index is -1.16. The molecule has 0 aromatic heterocycles. The second-order valence-electron chi connectivity index (χ2n) is 4.65. The summed E-state index contributed by atoms with van der Waals surface area (Å²) >= 11 is 0. The second kappa shape index (κ2) is 7.75. The molecule has 1 atom stereocenters. The highest BCUT2D eigenvalue weighted by Crippen LogP contribution is 2.26. The van der Waals surface area contributed by atoms with Crippen LogP contribution in [0.1, 0.15) is 33.1 Å². The molecule has 0 bridgehead atoms. The molecule has 0 aliphatic carbocycles. The number of ether oxygens (including phenoxy) is 2. The van der Waals surface area contributed by atoms with Gasteiger partial charge in [0.1, 0.15) is 5.54 Å². The van der Waals surface area contributed by atoms with E-state index in [2.05, 4.69) is 0 Å². The van der Waals surface area contributed by atoms with Crippen molar-refractivity contribution in [2.75, 3.05) is 13.2 Å². The van der Waals surface area contributed by atoms with Crippen LogP contribution in [-0.2, 0) is 4.79 Å². The molecule has 0 saturated heterocycles. The molecule has 1 unspecified atom stereocenters. The maximum atomic E-state index is 11.1. The van der Waals surface area contributed by atoms with Gasteiger partial charge in [-0.15, -0.1) is 0 Å². The zero-order chi connectivity index (χ0) is 15.0. The van der Waals surface area contributed by atoms with Gasteiger partial charge in [-0.1, -0.05) is 19.1 Å². The van der Waals surface area contributed by atoms with Gasteiger partial charge in [0, 0.05) is 0 Å². The predicted octanol–water partition coefficient (Wildman–Crippen LogP) is 2.44. The van der Waals surface area contributed by atoms with Crippen LogP contribution in [0.2, 0.25) is 0 Å². The summed E-state index contributed by atoms with van der Waals surface area (Å²) in [6.07, 6.45) is 1.37. The van der Waals surface area contributed by atoms with Crippen LogP contribution >= 0.6 is 0 Å². The van der Waals surface area contributed by atoms with E-state index in [-0.39, 0.29) is 0 Å². The Morgan fingerprint density at radius 2 is 1.85 bits per heavy atom. The average molecular weight is 281 g/mol. The Kier molecular flexibility index (Phi) is 6.31. The van der Waals surface area contributed by atoms with E-state index in [0.29, 0.717) is 44.0 Å². The third kappa shape index (κ3) is 4.42. The van der Waals surface area contributed by atoms with E-state index in [9.17, 15) is 4.79 Å². The summed E-state index contributed by atoms with van der Waals surface area (Å²) in [5.74, 6) is 0.404. The number of carboxylic acid groups (broad SMARTS) is 1. The van der Waals surface area contributed by atoms with Gasteiger partial charge >= 0.3 is 5.97 Å². The number of hydrogen-bond acceptors (Lipinski definition) is 4. The van der Waals surface area contributed by atoms with Crippen LogP contribution in [0.25, 0.3) is 0 Å². The highest BCUT2D eigenvalue weighted by atomic mass is 16.5. The average Bonchev–Trinajstić information content (AvgIpc) is 2.45. The molecule has 0 aliphatic rings. The summed E-state index contributed by atoms with van der Waals surface area (Å²) in [4.78, 5) is 11.1. The van der Waals surface area contributed by atoms with Crippen LogP contribution in [0.3, 0.4) is 0 Å². The van der Waals surface area contributed by atoms with Crippen LogP contribution in [0.4, 0.5) is 0 Å². The van der Waals surface area contributed by atoms with Crippen molar-refractivity contribution in [1.29, 1.82) is 0 Å². The summed E-state index contributed by atoms with van der Waals surface area (Å²) in [5, 5.41) is 9.08. The van der Waals surface area contributed by atoms with Crippen molar-refractivity contribution in [3.63, 3.8) is 0 Å². The van der Waals surface area contributed by atoms with Gasteiger partial charge in [0.15, 0.2) is 11.5 Å². The fourth-order valence-electron chi connectivity index (χ4n) is 1.85. The molecule has 112 valence electrons. The molecule has 20 heavy (non-hydrogen) atoms. The number of aliphatic carboxylic acids is 1. The number of rotatable bonds is 9. The SMILES string of the molecule is CCOc1ccccc1OCCCC(N)(CC)C(=O)O. The van der Waals surface area contributed by atoms with Gasteiger partial charge in [0.2, 0.25) is 0 Å². The molecule has 0 saturated carbocycles. The first-order chi connectivity index (χ1) is 9.53. The van der Waals surface area contributed by atoms with Crippen LogP contribution in [0.15, 0.2) is 24.3 Å². The molecule has 0 amide bonds.